The van der Waals surface area contributed by atoms with Crippen LogP contribution in [-0.4, -0.2) is 28.6 Å². The van der Waals surface area contributed by atoms with Gasteiger partial charge in [0.05, 0.1) is 0 Å². The first-order valence-corrected chi connectivity index (χ1v) is 7.75. The molecule has 0 saturated carbocycles. The van der Waals surface area contributed by atoms with E-state index in [0.717, 1.165) is 22.2 Å². The SMILES string of the molecule is NN=C(c1ccccc1)N1C=C(c2cccc3[nH]ccc23)C=NC1. The third-order valence-corrected chi connectivity index (χ3v) is 4.09. The average Bonchev–Trinajstić information content (AvgIpc) is 3.12. The summed E-state index contributed by atoms with van der Waals surface area (Å²) in [6.45, 7) is 0.498. The highest BCUT2D eigenvalue weighted by Gasteiger charge is 2.16. The Balaban J connectivity index is 1.75. The lowest BCUT2D eigenvalue weighted by Gasteiger charge is -2.24. The summed E-state index contributed by atoms with van der Waals surface area (Å²) in [4.78, 5) is 9.70. The number of benzene rings is 2. The van der Waals surface area contributed by atoms with Gasteiger partial charge in [0.15, 0.2) is 5.84 Å². The van der Waals surface area contributed by atoms with Crippen molar-refractivity contribution in [2.24, 2.45) is 15.9 Å². The zero-order valence-electron chi connectivity index (χ0n) is 13.1. The molecule has 4 rings (SSSR count). The predicted octanol–water partition coefficient (Wildman–Crippen LogP) is 3.17. The molecule has 0 unspecified atom stereocenters. The Morgan fingerprint density at radius 2 is 1.96 bits per heavy atom. The standard InChI is InChI=1S/C19H17N5/c20-23-19(14-5-2-1-3-6-14)24-12-15(11-21-13-24)16-7-4-8-18-17(16)9-10-22-18/h1-12,22H,13,20H2. The number of aromatic amines is 1. The molecule has 0 bridgehead atoms. The second-order valence-electron chi connectivity index (χ2n) is 5.57. The first kappa shape index (κ1) is 14.3. The second kappa shape index (κ2) is 6.04. The van der Waals surface area contributed by atoms with Crippen LogP contribution >= 0.6 is 0 Å². The van der Waals surface area contributed by atoms with Crippen LogP contribution < -0.4 is 5.84 Å². The van der Waals surface area contributed by atoms with E-state index in [1.54, 1.807) is 0 Å². The van der Waals surface area contributed by atoms with Gasteiger partial charge in [-0.15, -0.1) is 0 Å². The number of fused-ring (bicyclic) bond motifs is 1. The van der Waals surface area contributed by atoms with Crippen molar-refractivity contribution in [1.29, 1.82) is 0 Å². The van der Waals surface area contributed by atoms with E-state index in [4.69, 9.17) is 5.84 Å². The van der Waals surface area contributed by atoms with Crippen molar-refractivity contribution in [1.82, 2.24) is 9.88 Å². The smallest absolute Gasteiger partial charge is 0.161 e. The van der Waals surface area contributed by atoms with Gasteiger partial charge in [0.25, 0.3) is 0 Å². The van der Waals surface area contributed by atoms with Crippen LogP contribution in [0.15, 0.2) is 77.1 Å². The van der Waals surface area contributed by atoms with Gasteiger partial charge in [-0.2, -0.15) is 5.10 Å². The van der Waals surface area contributed by atoms with Gasteiger partial charge in [0.2, 0.25) is 0 Å². The molecule has 0 radical (unpaired) electrons. The minimum atomic E-state index is 0.498. The number of hydrazone groups is 1. The summed E-state index contributed by atoms with van der Waals surface area (Å²) >= 11 is 0. The van der Waals surface area contributed by atoms with E-state index < -0.39 is 0 Å². The highest BCUT2D eigenvalue weighted by atomic mass is 15.3. The molecule has 0 fully saturated rings. The number of hydrogen-bond donors (Lipinski definition) is 2. The van der Waals surface area contributed by atoms with Crippen molar-refractivity contribution < 1.29 is 0 Å². The van der Waals surface area contributed by atoms with Crippen LogP contribution in [0.4, 0.5) is 0 Å². The largest absolute Gasteiger partial charge is 0.361 e. The van der Waals surface area contributed by atoms with Crippen LogP contribution in [-0.2, 0) is 0 Å². The fourth-order valence-corrected chi connectivity index (χ4v) is 2.98. The minimum absolute atomic E-state index is 0.498. The van der Waals surface area contributed by atoms with E-state index in [1.165, 1.54) is 5.39 Å². The zero-order chi connectivity index (χ0) is 16.4. The Kier molecular flexibility index (Phi) is 3.59. The third kappa shape index (κ3) is 2.46. The second-order valence-corrected chi connectivity index (χ2v) is 5.57. The monoisotopic (exact) mass is 315 g/mol. The quantitative estimate of drug-likeness (QED) is 0.330. The summed E-state index contributed by atoms with van der Waals surface area (Å²) in [5, 5.41) is 5.15. The number of aromatic nitrogens is 1. The maximum absolute atomic E-state index is 5.65. The molecule has 3 N–H and O–H groups in total. The normalized spacial score (nSPS) is 14.9. The molecule has 0 saturated heterocycles. The number of nitrogens with one attached hydrogen (secondary N) is 1. The summed E-state index contributed by atoms with van der Waals surface area (Å²) in [7, 11) is 0. The Labute approximate surface area is 139 Å². The van der Waals surface area contributed by atoms with Crippen molar-refractivity contribution in [2.75, 3.05) is 6.67 Å². The highest BCUT2D eigenvalue weighted by molar-refractivity contribution is 6.16. The maximum Gasteiger partial charge on any atom is 0.161 e. The van der Waals surface area contributed by atoms with Crippen LogP contribution in [0.5, 0.6) is 0 Å². The molecule has 5 nitrogen and oxygen atoms in total. The summed E-state index contributed by atoms with van der Waals surface area (Å²) in [6.07, 6.45) is 5.90. The zero-order valence-corrected chi connectivity index (χ0v) is 13.1. The molecule has 1 aliphatic rings. The van der Waals surface area contributed by atoms with Crippen molar-refractivity contribution in [3.63, 3.8) is 0 Å². The molecule has 5 heteroatoms. The van der Waals surface area contributed by atoms with Gasteiger partial charge < -0.3 is 15.7 Å². The van der Waals surface area contributed by atoms with Crippen LogP contribution in [0.3, 0.4) is 0 Å². The predicted molar refractivity (Wildman–Crippen MR) is 98.6 cm³/mol. The molecular formula is C19H17N5. The molecule has 2 aromatic carbocycles. The Hall–Kier alpha value is -3.34. The van der Waals surface area contributed by atoms with E-state index in [0.29, 0.717) is 12.5 Å². The third-order valence-electron chi connectivity index (χ3n) is 4.09. The van der Waals surface area contributed by atoms with Crippen LogP contribution in [0.2, 0.25) is 0 Å². The van der Waals surface area contributed by atoms with Gasteiger partial charge in [-0.25, -0.2) is 0 Å². The number of aliphatic imine (C=N–C) groups is 1. The van der Waals surface area contributed by atoms with Crippen LogP contribution in [0.25, 0.3) is 16.5 Å². The Morgan fingerprint density at radius 1 is 1.08 bits per heavy atom. The number of hydrogen-bond acceptors (Lipinski definition) is 3. The first-order valence-electron chi connectivity index (χ1n) is 7.75. The van der Waals surface area contributed by atoms with Crippen LogP contribution in [0, 0.1) is 0 Å². The van der Waals surface area contributed by atoms with Crippen molar-refractivity contribution >= 4 is 28.5 Å². The number of rotatable bonds is 2. The van der Waals surface area contributed by atoms with Gasteiger partial charge in [0.1, 0.15) is 6.67 Å². The highest BCUT2D eigenvalue weighted by Crippen LogP contribution is 2.25. The summed E-state index contributed by atoms with van der Waals surface area (Å²) < 4.78 is 0. The van der Waals surface area contributed by atoms with Gasteiger partial charge in [0, 0.05) is 40.7 Å². The number of allylic oxidation sites excluding steroid dienone is 1. The van der Waals surface area contributed by atoms with Gasteiger partial charge >= 0.3 is 0 Å². The molecule has 0 amide bonds. The molecule has 3 aromatic rings. The van der Waals surface area contributed by atoms with Gasteiger partial charge in [-0.05, 0) is 17.7 Å². The fraction of sp³-hybridized carbons (Fsp3) is 0.0526. The molecular weight excluding hydrogens is 298 g/mol. The first-order chi connectivity index (χ1) is 11.9. The van der Waals surface area contributed by atoms with Crippen molar-refractivity contribution in [2.45, 2.75) is 0 Å². The molecule has 0 spiro atoms. The molecule has 2 heterocycles. The topological polar surface area (TPSA) is 69.8 Å². The lowest BCUT2D eigenvalue weighted by molar-refractivity contribution is 0.572. The number of nitrogens with two attached hydrogens (primary N) is 1. The lowest BCUT2D eigenvalue weighted by atomic mass is 10.0. The van der Waals surface area contributed by atoms with Crippen molar-refractivity contribution in [3.05, 3.63) is 78.1 Å². The van der Waals surface area contributed by atoms with E-state index in [9.17, 15) is 0 Å². The average molecular weight is 315 g/mol. The summed E-state index contributed by atoms with van der Waals surface area (Å²) in [5.41, 5.74) is 4.23. The molecule has 0 atom stereocenters. The summed E-state index contributed by atoms with van der Waals surface area (Å²) in [6, 6.07) is 18.2. The lowest BCUT2D eigenvalue weighted by Crippen LogP contribution is -2.30. The number of H-pyrrole nitrogens is 1. The minimum Gasteiger partial charge on any atom is -0.361 e. The van der Waals surface area contributed by atoms with E-state index >= 15 is 0 Å². The molecule has 118 valence electrons. The van der Waals surface area contributed by atoms with E-state index in [1.807, 2.05) is 59.9 Å². The fourth-order valence-electron chi connectivity index (χ4n) is 2.98. The molecule has 24 heavy (non-hydrogen) atoms. The molecule has 1 aliphatic heterocycles. The molecule has 0 aliphatic carbocycles. The summed E-state index contributed by atoms with van der Waals surface area (Å²) in [5.74, 6) is 6.35. The van der Waals surface area contributed by atoms with Crippen molar-refractivity contribution in [3.8, 4) is 0 Å². The molecule has 1 aromatic heterocycles. The van der Waals surface area contributed by atoms with E-state index in [2.05, 4.69) is 33.3 Å². The van der Waals surface area contributed by atoms with Crippen LogP contribution in [0.1, 0.15) is 11.1 Å². The van der Waals surface area contributed by atoms with Gasteiger partial charge in [-0.1, -0.05) is 42.5 Å². The number of nitrogens with zero attached hydrogens (tertiary/aromatic N) is 3. The Bertz CT molecular complexity index is 950. The maximum atomic E-state index is 5.65. The van der Waals surface area contributed by atoms with Gasteiger partial charge in [-0.3, -0.25) is 4.99 Å². The number of amidine groups is 1. The Morgan fingerprint density at radius 3 is 2.79 bits per heavy atom. The van der Waals surface area contributed by atoms with E-state index in [-0.39, 0.29) is 0 Å².